The van der Waals surface area contributed by atoms with E-state index in [9.17, 15) is 9.59 Å². The van der Waals surface area contributed by atoms with Crippen LogP contribution in [0.5, 0.6) is 0 Å². The van der Waals surface area contributed by atoms with Crippen LogP contribution in [-0.2, 0) is 11.2 Å². The molecule has 0 radical (unpaired) electrons. The first-order chi connectivity index (χ1) is 11.0. The minimum absolute atomic E-state index is 0.00519. The Morgan fingerprint density at radius 3 is 2.74 bits per heavy atom. The number of rotatable bonds is 7. The van der Waals surface area contributed by atoms with Gasteiger partial charge in [-0.05, 0) is 12.3 Å². The van der Waals surface area contributed by atoms with Crippen LogP contribution in [0.15, 0.2) is 11.6 Å². The molecule has 9 heteroatoms. The summed E-state index contributed by atoms with van der Waals surface area (Å²) in [5.74, 6) is -0.466. The van der Waals surface area contributed by atoms with Gasteiger partial charge in [-0.1, -0.05) is 13.8 Å². The minimum atomic E-state index is -0.547. The molecule has 0 aliphatic heterocycles. The van der Waals surface area contributed by atoms with Crippen LogP contribution < -0.4 is 10.8 Å². The maximum atomic E-state index is 12.3. The summed E-state index contributed by atoms with van der Waals surface area (Å²) in [6, 6.07) is 0. The molecule has 2 rings (SSSR count). The Labute approximate surface area is 141 Å². The molecule has 7 nitrogen and oxygen atoms in total. The zero-order chi connectivity index (χ0) is 16.8. The van der Waals surface area contributed by atoms with Gasteiger partial charge in [0.2, 0.25) is 5.91 Å². The smallest absolute Gasteiger partial charge is 0.271 e. The first kappa shape index (κ1) is 17.5. The lowest BCUT2D eigenvalue weighted by Crippen LogP contribution is -2.30. The van der Waals surface area contributed by atoms with Crippen molar-refractivity contribution < 1.29 is 14.8 Å². The molecule has 2 heterocycles. The highest BCUT2D eigenvalue weighted by molar-refractivity contribution is 7.20. The highest BCUT2D eigenvalue weighted by atomic mass is 32.1. The molecular formula is C14H18N4O3S2. The molecule has 0 atom stereocenters. The Bertz CT molecular complexity index is 668. The highest BCUT2D eigenvalue weighted by Gasteiger charge is 2.20. The molecule has 2 aromatic rings. The first-order valence-corrected chi connectivity index (χ1v) is 8.81. The summed E-state index contributed by atoms with van der Waals surface area (Å²) < 4.78 is 0. The fourth-order valence-corrected chi connectivity index (χ4v) is 3.84. The number of carbonyl (C=O) groups excluding carboxylic acids is 2. The van der Waals surface area contributed by atoms with E-state index in [1.165, 1.54) is 28.2 Å². The number of hydrogen-bond donors (Lipinski definition) is 3. The van der Waals surface area contributed by atoms with Crippen molar-refractivity contribution in [3.05, 3.63) is 22.1 Å². The van der Waals surface area contributed by atoms with Gasteiger partial charge in [-0.15, -0.1) is 22.7 Å². The van der Waals surface area contributed by atoms with Crippen molar-refractivity contribution in [3.8, 4) is 10.0 Å². The Kier molecular flexibility index (Phi) is 6.20. The molecule has 0 bridgehead atoms. The molecule has 0 fully saturated rings. The molecule has 0 aliphatic carbocycles. The SMILES string of the molecule is CC(C)Cc1sc(-c2nccs2)nc1C(=O)NCCC(=O)NO. The lowest BCUT2D eigenvalue weighted by Gasteiger charge is -2.06. The molecule has 0 unspecified atom stereocenters. The van der Waals surface area contributed by atoms with Gasteiger partial charge in [-0.25, -0.2) is 15.4 Å². The number of thiazole rings is 2. The molecule has 2 amide bonds. The fraction of sp³-hybridized carbons (Fsp3) is 0.429. The number of hydrogen-bond acceptors (Lipinski definition) is 7. The van der Waals surface area contributed by atoms with E-state index in [-0.39, 0.29) is 18.9 Å². The van der Waals surface area contributed by atoms with Crippen molar-refractivity contribution in [1.29, 1.82) is 0 Å². The summed E-state index contributed by atoms with van der Waals surface area (Å²) in [6.45, 7) is 4.29. The lowest BCUT2D eigenvalue weighted by molar-refractivity contribution is -0.129. The third-order valence-electron chi connectivity index (χ3n) is 2.88. The fourth-order valence-electron chi connectivity index (χ4n) is 1.89. The Morgan fingerprint density at radius 2 is 2.13 bits per heavy atom. The summed E-state index contributed by atoms with van der Waals surface area (Å²) >= 11 is 2.95. The second-order valence-corrected chi connectivity index (χ2v) is 7.25. The van der Waals surface area contributed by atoms with E-state index in [0.717, 1.165) is 21.3 Å². The number of nitrogens with zero attached hydrogens (tertiary/aromatic N) is 2. The quantitative estimate of drug-likeness (QED) is 0.522. The van der Waals surface area contributed by atoms with Crippen molar-refractivity contribution in [2.24, 2.45) is 5.92 Å². The number of amides is 2. The summed E-state index contributed by atoms with van der Waals surface area (Å²) in [7, 11) is 0. The Morgan fingerprint density at radius 1 is 1.35 bits per heavy atom. The molecule has 124 valence electrons. The van der Waals surface area contributed by atoms with Crippen LogP contribution in [0.25, 0.3) is 10.0 Å². The molecule has 0 saturated carbocycles. The third kappa shape index (κ3) is 4.81. The lowest BCUT2D eigenvalue weighted by atomic mass is 10.1. The highest BCUT2D eigenvalue weighted by Crippen LogP contribution is 2.31. The average Bonchev–Trinajstić information content (AvgIpc) is 3.15. The van der Waals surface area contributed by atoms with Gasteiger partial charge < -0.3 is 5.32 Å². The minimum Gasteiger partial charge on any atom is -0.350 e. The summed E-state index contributed by atoms with van der Waals surface area (Å²) in [6.07, 6.45) is 2.46. The number of nitrogens with one attached hydrogen (secondary N) is 2. The predicted molar refractivity (Wildman–Crippen MR) is 88.6 cm³/mol. The largest absolute Gasteiger partial charge is 0.350 e. The van der Waals surface area contributed by atoms with Gasteiger partial charge in [0.25, 0.3) is 5.91 Å². The van der Waals surface area contributed by atoms with Crippen LogP contribution in [-0.4, -0.2) is 33.5 Å². The number of aromatic nitrogens is 2. The van der Waals surface area contributed by atoms with Crippen molar-refractivity contribution >= 4 is 34.5 Å². The summed E-state index contributed by atoms with van der Waals surface area (Å²) in [5.41, 5.74) is 1.92. The van der Waals surface area contributed by atoms with E-state index in [2.05, 4.69) is 29.1 Å². The second kappa shape index (κ2) is 8.14. The van der Waals surface area contributed by atoms with E-state index >= 15 is 0 Å². The van der Waals surface area contributed by atoms with Gasteiger partial charge in [0, 0.05) is 29.4 Å². The molecule has 0 aromatic carbocycles. The average molecular weight is 354 g/mol. The predicted octanol–water partition coefficient (Wildman–Crippen LogP) is 2.09. The molecule has 0 aliphatic rings. The molecule has 0 saturated heterocycles. The van der Waals surface area contributed by atoms with Gasteiger partial charge in [0.05, 0.1) is 0 Å². The van der Waals surface area contributed by atoms with Crippen LogP contribution in [0.4, 0.5) is 0 Å². The zero-order valence-electron chi connectivity index (χ0n) is 12.8. The maximum Gasteiger partial charge on any atom is 0.271 e. The van der Waals surface area contributed by atoms with E-state index in [1.54, 1.807) is 6.20 Å². The van der Waals surface area contributed by atoms with Crippen LogP contribution in [0.2, 0.25) is 0 Å². The third-order valence-corrected chi connectivity index (χ3v) is 4.88. The molecule has 2 aromatic heterocycles. The summed E-state index contributed by atoms with van der Waals surface area (Å²) in [5, 5.41) is 14.5. The topological polar surface area (TPSA) is 104 Å². The molecule has 3 N–H and O–H groups in total. The standard InChI is InChI=1S/C14H18N4O3S2/c1-8(2)7-9-11(12(20)15-4-3-10(19)18-21)17-14(23-9)13-16-5-6-22-13/h5-6,8,21H,3-4,7H2,1-2H3,(H,15,20)(H,18,19). The molecular weight excluding hydrogens is 336 g/mol. The van der Waals surface area contributed by atoms with E-state index in [4.69, 9.17) is 5.21 Å². The van der Waals surface area contributed by atoms with Gasteiger partial charge in [-0.3, -0.25) is 14.8 Å². The van der Waals surface area contributed by atoms with Crippen molar-refractivity contribution in [1.82, 2.24) is 20.8 Å². The van der Waals surface area contributed by atoms with E-state index in [0.29, 0.717) is 11.6 Å². The van der Waals surface area contributed by atoms with Crippen LogP contribution in [0.1, 0.15) is 35.6 Å². The van der Waals surface area contributed by atoms with E-state index in [1.807, 2.05) is 5.38 Å². The zero-order valence-corrected chi connectivity index (χ0v) is 14.5. The van der Waals surface area contributed by atoms with Crippen molar-refractivity contribution in [3.63, 3.8) is 0 Å². The van der Waals surface area contributed by atoms with Gasteiger partial charge in [0.15, 0.2) is 10.0 Å². The summed E-state index contributed by atoms with van der Waals surface area (Å²) in [4.78, 5) is 32.9. The number of carbonyl (C=O) groups is 2. The van der Waals surface area contributed by atoms with Crippen molar-refractivity contribution in [2.75, 3.05) is 6.54 Å². The molecule has 0 spiro atoms. The van der Waals surface area contributed by atoms with Crippen LogP contribution in [0.3, 0.4) is 0 Å². The number of hydroxylamine groups is 1. The normalized spacial score (nSPS) is 10.8. The first-order valence-electron chi connectivity index (χ1n) is 7.12. The van der Waals surface area contributed by atoms with Crippen LogP contribution >= 0.6 is 22.7 Å². The van der Waals surface area contributed by atoms with Crippen LogP contribution in [0, 0.1) is 5.92 Å². The maximum absolute atomic E-state index is 12.3. The van der Waals surface area contributed by atoms with Crippen molar-refractivity contribution in [2.45, 2.75) is 26.7 Å². The molecule has 23 heavy (non-hydrogen) atoms. The monoisotopic (exact) mass is 354 g/mol. The Hall–Kier alpha value is -1.84. The van der Waals surface area contributed by atoms with Gasteiger partial charge in [0.1, 0.15) is 5.69 Å². The van der Waals surface area contributed by atoms with E-state index < -0.39 is 5.91 Å². The van der Waals surface area contributed by atoms with Gasteiger partial charge >= 0.3 is 0 Å². The van der Waals surface area contributed by atoms with Gasteiger partial charge in [-0.2, -0.15) is 0 Å². The second-order valence-electron chi connectivity index (χ2n) is 5.27. The Balaban J connectivity index is 2.14.